The van der Waals surface area contributed by atoms with Crippen LogP contribution in [0.1, 0.15) is 32.7 Å². The number of primary amides is 1. The van der Waals surface area contributed by atoms with Crippen molar-refractivity contribution in [2.24, 2.45) is 12.8 Å². The third-order valence-corrected chi connectivity index (χ3v) is 3.10. The summed E-state index contributed by atoms with van der Waals surface area (Å²) in [4.78, 5) is 23.0. The summed E-state index contributed by atoms with van der Waals surface area (Å²) in [7, 11) is 1.87. The Bertz CT molecular complexity index is 649. The molecule has 1 aromatic heterocycles. The van der Waals surface area contributed by atoms with E-state index in [0.29, 0.717) is 17.7 Å². The van der Waals surface area contributed by atoms with Gasteiger partial charge in [-0.15, -0.1) is 0 Å². The Morgan fingerprint density at radius 3 is 2.76 bits per heavy atom. The first kappa shape index (κ1) is 14.8. The summed E-state index contributed by atoms with van der Waals surface area (Å²) >= 11 is 0. The van der Waals surface area contributed by atoms with Crippen molar-refractivity contribution in [1.29, 1.82) is 0 Å². The highest BCUT2D eigenvalue weighted by Crippen LogP contribution is 2.05. The van der Waals surface area contributed by atoms with Crippen LogP contribution < -0.4 is 11.1 Å². The molecular formula is C15H18N4O2. The molecule has 0 saturated heterocycles. The fourth-order valence-electron chi connectivity index (χ4n) is 2.01. The Hall–Kier alpha value is -2.63. The molecule has 2 rings (SSSR count). The first-order valence-corrected chi connectivity index (χ1v) is 6.72. The average molecular weight is 286 g/mol. The second-order valence-corrected chi connectivity index (χ2v) is 4.83. The molecule has 1 aromatic carbocycles. The molecule has 3 N–H and O–H groups in total. The third kappa shape index (κ3) is 4.17. The number of hydrogen-bond donors (Lipinski definition) is 2. The van der Waals surface area contributed by atoms with Gasteiger partial charge >= 0.3 is 0 Å². The average Bonchev–Trinajstić information content (AvgIpc) is 2.89. The molecule has 0 radical (unpaired) electrons. The number of aromatic nitrogens is 2. The quantitative estimate of drug-likeness (QED) is 0.772. The normalized spacial score (nSPS) is 10.3. The maximum absolute atomic E-state index is 12.0. The number of aryl methyl sites for hydroxylation is 2. The van der Waals surface area contributed by atoms with Gasteiger partial charge in [-0.3, -0.25) is 14.3 Å². The minimum atomic E-state index is -0.541. The number of nitrogens with one attached hydrogen (secondary N) is 1. The summed E-state index contributed by atoms with van der Waals surface area (Å²) in [6, 6.07) is 6.38. The minimum absolute atomic E-state index is 0.204. The lowest BCUT2D eigenvalue weighted by atomic mass is 10.1. The topological polar surface area (TPSA) is 90.0 Å². The highest BCUT2D eigenvalue weighted by molar-refractivity contribution is 5.99. The van der Waals surface area contributed by atoms with Crippen molar-refractivity contribution in [2.75, 3.05) is 6.54 Å². The lowest BCUT2D eigenvalue weighted by Crippen LogP contribution is -2.25. The van der Waals surface area contributed by atoms with Crippen LogP contribution in [0.5, 0.6) is 0 Å². The standard InChI is InChI=1S/C15H18N4O2/c1-19-10-11(9-18-19)4-3-7-17-15(21)13-6-2-5-12(8-13)14(16)20/h2,5-6,8-10H,3-4,7H2,1H3,(H2,16,20)(H,17,21). The van der Waals surface area contributed by atoms with Crippen molar-refractivity contribution >= 4 is 11.8 Å². The van der Waals surface area contributed by atoms with Gasteiger partial charge in [0.1, 0.15) is 0 Å². The SMILES string of the molecule is Cn1cc(CCCNC(=O)c2cccc(C(N)=O)c2)cn1. The number of rotatable bonds is 6. The zero-order chi connectivity index (χ0) is 15.2. The number of carbonyl (C=O) groups is 2. The van der Waals surface area contributed by atoms with Gasteiger partial charge in [-0.25, -0.2) is 0 Å². The van der Waals surface area contributed by atoms with Gasteiger partial charge in [-0.05, 0) is 36.6 Å². The number of nitrogens with two attached hydrogens (primary N) is 1. The number of carbonyl (C=O) groups excluding carboxylic acids is 2. The van der Waals surface area contributed by atoms with Crippen LogP contribution in [0.15, 0.2) is 36.7 Å². The Morgan fingerprint density at radius 2 is 2.10 bits per heavy atom. The Balaban J connectivity index is 1.81. The zero-order valence-electron chi connectivity index (χ0n) is 11.9. The minimum Gasteiger partial charge on any atom is -0.366 e. The number of hydrogen-bond acceptors (Lipinski definition) is 3. The number of benzene rings is 1. The maximum Gasteiger partial charge on any atom is 0.251 e. The highest BCUT2D eigenvalue weighted by Gasteiger charge is 2.08. The van der Waals surface area contributed by atoms with E-state index in [1.54, 1.807) is 22.9 Å². The van der Waals surface area contributed by atoms with Crippen molar-refractivity contribution in [3.05, 3.63) is 53.3 Å². The molecule has 21 heavy (non-hydrogen) atoms. The first-order valence-electron chi connectivity index (χ1n) is 6.72. The van der Waals surface area contributed by atoms with Crippen LogP contribution in [-0.2, 0) is 13.5 Å². The zero-order valence-corrected chi connectivity index (χ0v) is 11.9. The molecular weight excluding hydrogens is 268 g/mol. The molecule has 1 heterocycles. The largest absolute Gasteiger partial charge is 0.366 e. The summed E-state index contributed by atoms with van der Waals surface area (Å²) in [5.74, 6) is -0.745. The molecule has 2 amide bonds. The van der Waals surface area contributed by atoms with E-state index < -0.39 is 5.91 Å². The van der Waals surface area contributed by atoms with Crippen LogP contribution in [0.25, 0.3) is 0 Å². The molecule has 0 bridgehead atoms. The summed E-state index contributed by atoms with van der Waals surface area (Å²) in [5, 5.41) is 6.91. The Morgan fingerprint density at radius 1 is 1.33 bits per heavy atom. The molecule has 110 valence electrons. The maximum atomic E-state index is 12.0. The molecule has 0 aliphatic rings. The molecule has 0 spiro atoms. The van der Waals surface area contributed by atoms with Crippen molar-refractivity contribution < 1.29 is 9.59 Å². The van der Waals surface area contributed by atoms with Crippen molar-refractivity contribution in [1.82, 2.24) is 15.1 Å². The fourth-order valence-corrected chi connectivity index (χ4v) is 2.01. The molecule has 2 aromatic rings. The van der Waals surface area contributed by atoms with Gasteiger partial charge in [0.15, 0.2) is 0 Å². The van der Waals surface area contributed by atoms with Crippen LogP contribution in [0.3, 0.4) is 0 Å². The van der Waals surface area contributed by atoms with Gasteiger partial charge in [0.2, 0.25) is 5.91 Å². The highest BCUT2D eigenvalue weighted by atomic mass is 16.2. The second-order valence-electron chi connectivity index (χ2n) is 4.83. The van der Waals surface area contributed by atoms with Crippen LogP contribution in [0, 0.1) is 0 Å². The van der Waals surface area contributed by atoms with E-state index in [1.807, 2.05) is 19.4 Å². The van der Waals surface area contributed by atoms with E-state index >= 15 is 0 Å². The second kappa shape index (κ2) is 6.69. The third-order valence-electron chi connectivity index (χ3n) is 3.10. The smallest absolute Gasteiger partial charge is 0.251 e. The predicted octanol–water partition coefficient (Wildman–Crippen LogP) is 0.882. The molecule has 0 aliphatic heterocycles. The van der Waals surface area contributed by atoms with Gasteiger partial charge < -0.3 is 11.1 Å². The van der Waals surface area contributed by atoms with Crippen molar-refractivity contribution in [3.8, 4) is 0 Å². The predicted molar refractivity (Wildman–Crippen MR) is 78.8 cm³/mol. The van der Waals surface area contributed by atoms with Crippen LogP contribution in [0.2, 0.25) is 0 Å². The molecule has 0 fully saturated rings. The Kier molecular flexibility index (Phi) is 4.71. The molecule has 0 aliphatic carbocycles. The van der Waals surface area contributed by atoms with E-state index in [0.717, 1.165) is 18.4 Å². The number of nitrogens with zero attached hydrogens (tertiary/aromatic N) is 2. The summed E-state index contributed by atoms with van der Waals surface area (Å²) < 4.78 is 1.75. The number of amides is 2. The first-order chi connectivity index (χ1) is 10.1. The summed E-state index contributed by atoms with van der Waals surface area (Å²) in [5.41, 5.74) is 7.10. The van der Waals surface area contributed by atoms with Crippen LogP contribution in [0.4, 0.5) is 0 Å². The van der Waals surface area contributed by atoms with Crippen LogP contribution >= 0.6 is 0 Å². The van der Waals surface area contributed by atoms with E-state index in [-0.39, 0.29) is 5.91 Å². The lowest BCUT2D eigenvalue weighted by molar-refractivity contribution is 0.0953. The van der Waals surface area contributed by atoms with Crippen molar-refractivity contribution in [2.45, 2.75) is 12.8 Å². The van der Waals surface area contributed by atoms with Gasteiger partial charge in [-0.2, -0.15) is 5.10 Å². The molecule has 6 heteroatoms. The summed E-state index contributed by atoms with van der Waals surface area (Å²) in [6.45, 7) is 0.564. The van der Waals surface area contributed by atoms with Gasteiger partial charge in [0.25, 0.3) is 5.91 Å². The fraction of sp³-hybridized carbons (Fsp3) is 0.267. The van der Waals surface area contributed by atoms with E-state index in [4.69, 9.17) is 5.73 Å². The van der Waals surface area contributed by atoms with Crippen LogP contribution in [-0.4, -0.2) is 28.1 Å². The van der Waals surface area contributed by atoms with E-state index in [1.165, 1.54) is 6.07 Å². The molecule has 0 unspecified atom stereocenters. The van der Waals surface area contributed by atoms with E-state index in [9.17, 15) is 9.59 Å². The summed E-state index contributed by atoms with van der Waals surface area (Å²) in [6.07, 6.45) is 5.46. The lowest BCUT2D eigenvalue weighted by Gasteiger charge is -2.05. The van der Waals surface area contributed by atoms with Gasteiger partial charge in [0, 0.05) is 30.9 Å². The molecule has 0 saturated carbocycles. The van der Waals surface area contributed by atoms with Crippen molar-refractivity contribution in [3.63, 3.8) is 0 Å². The molecule has 0 atom stereocenters. The monoisotopic (exact) mass is 286 g/mol. The Labute approximate surface area is 122 Å². The van der Waals surface area contributed by atoms with Gasteiger partial charge in [0.05, 0.1) is 6.20 Å². The van der Waals surface area contributed by atoms with Gasteiger partial charge in [-0.1, -0.05) is 6.07 Å². The van der Waals surface area contributed by atoms with E-state index in [2.05, 4.69) is 10.4 Å². The molecule has 6 nitrogen and oxygen atoms in total.